The number of anilines is 1. The van der Waals surface area contributed by atoms with Gasteiger partial charge in [-0.2, -0.15) is 4.39 Å². The number of pyridine rings is 1. The molecule has 0 fully saturated rings. The van der Waals surface area contributed by atoms with E-state index in [1.165, 1.54) is 18.5 Å². The lowest BCUT2D eigenvalue weighted by Gasteiger charge is -2.26. The molecule has 2 rings (SSSR count). The molecule has 0 aliphatic heterocycles. The lowest BCUT2D eigenvalue weighted by atomic mass is 10.1. The highest BCUT2D eigenvalue weighted by Gasteiger charge is 2.26. The maximum atomic E-state index is 13.3. The molecule has 2 aromatic rings. The van der Waals surface area contributed by atoms with Crippen molar-refractivity contribution >= 4 is 56.2 Å². The molecule has 1 atom stereocenters. The summed E-state index contributed by atoms with van der Waals surface area (Å²) in [7, 11) is 0. The predicted molar refractivity (Wildman–Crippen MR) is 111 cm³/mol. The number of amides is 2. The Labute approximate surface area is 184 Å². The molecular weight excluding hydrogens is 491 g/mol. The van der Waals surface area contributed by atoms with E-state index in [4.69, 9.17) is 16.3 Å². The zero-order chi connectivity index (χ0) is 21.8. The van der Waals surface area contributed by atoms with Gasteiger partial charge in [-0.05, 0) is 54.8 Å². The molecule has 2 amide bonds. The Bertz CT molecular complexity index is 893. The first kappa shape index (κ1) is 23.3. The molecule has 0 bridgehead atoms. The van der Waals surface area contributed by atoms with Crippen molar-refractivity contribution in [3.63, 3.8) is 0 Å². The number of hydrogen-bond acceptors (Lipinski definition) is 6. The Morgan fingerprint density at radius 1 is 1.41 bits per heavy atom. The molecule has 0 saturated heterocycles. The van der Waals surface area contributed by atoms with Gasteiger partial charge in [-0.15, -0.1) is 0 Å². The number of nitrogens with zero attached hydrogens (tertiary/aromatic N) is 3. The van der Waals surface area contributed by atoms with Crippen LogP contribution in [0.25, 0.3) is 0 Å². The molecule has 2 N–H and O–H groups in total. The highest BCUT2D eigenvalue weighted by Crippen LogP contribution is 2.27. The van der Waals surface area contributed by atoms with Gasteiger partial charge in [-0.25, -0.2) is 19.6 Å². The first-order valence-corrected chi connectivity index (χ1v) is 10.3. The summed E-state index contributed by atoms with van der Waals surface area (Å²) in [6.45, 7) is 5.01. The van der Waals surface area contributed by atoms with Crippen molar-refractivity contribution in [3.05, 3.63) is 38.8 Å². The monoisotopic (exact) mass is 508 g/mol. The SMILES string of the molecule is CC(C)(C)OC(=O)N[C@H](Cc1cnc(F)c(Cl)c1)CN(C(=O)O)c1ncc(Br)s1. The number of carbonyl (C=O) groups is 2. The van der Waals surface area contributed by atoms with E-state index in [0.717, 1.165) is 16.2 Å². The van der Waals surface area contributed by atoms with Crippen LogP contribution < -0.4 is 10.2 Å². The smallest absolute Gasteiger partial charge is 0.413 e. The van der Waals surface area contributed by atoms with Crippen molar-refractivity contribution in [1.29, 1.82) is 0 Å². The number of aromatic nitrogens is 2. The van der Waals surface area contributed by atoms with Crippen LogP contribution in [-0.2, 0) is 11.2 Å². The fourth-order valence-corrected chi connectivity index (χ4v) is 3.70. The fraction of sp³-hybridized carbons (Fsp3) is 0.412. The van der Waals surface area contributed by atoms with Crippen LogP contribution in [-0.4, -0.2) is 45.4 Å². The van der Waals surface area contributed by atoms with Crippen molar-refractivity contribution in [2.75, 3.05) is 11.4 Å². The summed E-state index contributed by atoms with van der Waals surface area (Å²) < 4.78 is 19.3. The van der Waals surface area contributed by atoms with E-state index in [1.807, 2.05) is 0 Å². The van der Waals surface area contributed by atoms with Gasteiger partial charge in [0, 0.05) is 6.20 Å². The van der Waals surface area contributed by atoms with Crippen molar-refractivity contribution in [2.24, 2.45) is 0 Å². The molecule has 8 nitrogen and oxygen atoms in total. The van der Waals surface area contributed by atoms with Crippen LogP contribution >= 0.6 is 38.9 Å². The minimum atomic E-state index is -1.24. The molecule has 0 aliphatic rings. The molecule has 29 heavy (non-hydrogen) atoms. The van der Waals surface area contributed by atoms with Crippen molar-refractivity contribution in [2.45, 2.75) is 38.8 Å². The van der Waals surface area contributed by atoms with E-state index in [-0.39, 0.29) is 23.1 Å². The van der Waals surface area contributed by atoms with Gasteiger partial charge in [-0.1, -0.05) is 22.9 Å². The molecule has 0 radical (unpaired) electrons. The van der Waals surface area contributed by atoms with Crippen LogP contribution in [0.1, 0.15) is 26.3 Å². The van der Waals surface area contributed by atoms with Crippen LogP contribution in [0.15, 0.2) is 22.2 Å². The summed E-state index contributed by atoms with van der Waals surface area (Å²) in [5.74, 6) is -0.813. The van der Waals surface area contributed by atoms with Gasteiger partial charge >= 0.3 is 12.2 Å². The third-order valence-corrected chi connectivity index (χ3v) is 5.15. The molecule has 0 aliphatic carbocycles. The third-order valence-electron chi connectivity index (χ3n) is 3.39. The van der Waals surface area contributed by atoms with Crippen LogP contribution in [0.3, 0.4) is 0 Å². The summed E-state index contributed by atoms with van der Waals surface area (Å²) in [4.78, 5) is 32.6. The first-order chi connectivity index (χ1) is 13.4. The van der Waals surface area contributed by atoms with Gasteiger partial charge in [0.05, 0.1) is 27.6 Å². The van der Waals surface area contributed by atoms with Gasteiger partial charge in [0.1, 0.15) is 5.60 Å². The quantitative estimate of drug-likeness (QED) is 0.546. The highest BCUT2D eigenvalue weighted by atomic mass is 79.9. The number of nitrogens with one attached hydrogen (secondary N) is 1. The van der Waals surface area contributed by atoms with Gasteiger partial charge in [0.15, 0.2) is 5.13 Å². The van der Waals surface area contributed by atoms with Gasteiger partial charge in [-0.3, -0.25) is 4.90 Å². The van der Waals surface area contributed by atoms with E-state index in [2.05, 4.69) is 31.2 Å². The number of thiazole rings is 1. The van der Waals surface area contributed by atoms with E-state index in [9.17, 15) is 19.1 Å². The summed E-state index contributed by atoms with van der Waals surface area (Å²) in [6, 6.07) is 0.658. The maximum absolute atomic E-state index is 13.3. The number of ether oxygens (including phenoxy) is 1. The van der Waals surface area contributed by atoms with E-state index in [0.29, 0.717) is 9.35 Å². The summed E-state index contributed by atoms with van der Waals surface area (Å²) in [5.41, 5.74) is -0.217. The van der Waals surface area contributed by atoms with Crippen LogP contribution in [0.2, 0.25) is 5.02 Å². The highest BCUT2D eigenvalue weighted by molar-refractivity contribution is 9.11. The standard InChI is InChI=1S/C17H19BrClFN4O4S/c1-17(2,3)28-15(25)23-10(4-9-5-11(19)13(20)21-6-9)8-24(16(26)27)14-22-7-12(18)29-14/h5-7,10H,4,8H2,1-3H3,(H,23,25)(H,26,27)/t10-/m1/s1. The Balaban J connectivity index is 2.25. The average Bonchev–Trinajstić information content (AvgIpc) is 2.99. The number of alkyl carbamates (subject to hydrolysis) is 1. The predicted octanol–water partition coefficient (Wildman–Crippen LogP) is 4.71. The van der Waals surface area contributed by atoms with Crippen molar-refractivity contribution in [3.8, 4) is 0 Å². The zero-order valence-corrected chi connectivity index (χ0v) is 18.9. The average molecular weight is 510 g/mol. The molecule has 2 aromatic heterocycles. The van der Waals surface area contributed by atoms with Crippen LogP contribution in [0.4, 0.5) is 19.1 Å². The Kier molecular flexibility index (Phi) is 7.78. The van der Waals surface area contributed by atoms with Crippen molar-refractivity contribution < 1.29 is 23.8 Å². The molecule has 0 saturated carbocycles. The van der Waals surface area contributed by atoms with E-state index in [1.54, 1.807) is 20.8 Å². The van der Waals surface area contributed by atoms with Gasteiger partial charge in [0.25, 0.3) is 0 Å². The second-order valence-corrected chi connectivity index (χ2v) is 9.80. The van der Waals surface area contributed by atoms with Crippen molar-refractivity contribution in [1.82, 2.24) is 15.3 Å². The number of carbonyl (C=O) groups excluding carboxylic acids is 1. The van der Waals surface area contributed by atoms with E-state index < -0.39 is 29.8 Å². The summed E-state index contributed by atoms with van der Waals surface area (Å²) in [6.07, 6.45) is 0.946. The Morgan fingerprint density at radius 2 is 2.10 bits per heavy atom. The number of halogens is 3. The maximum Gasteiger partial charge on any atom is 0.413 e. The Morgan fingerprint density at radius 3 is 2.62 bits per heavy atom. The molecule has 2 heterocycles. The molecule has 12 heteroatoms. The second-order valence-electron chi connectivity index (χ2n) is 7.00. The molecule has 0 spiro atoms. The molecule has 158 valence electrons. The van der Waals surface area contributed by atoms with Gasteiger partial charge in [0.2, 0.25) is 5.95 Å². The first-order valence-electron chi connectivity index (χ1n) is 8.36. The van der Waals surface area contributed by atoms with E-state index >= 15 is 0 Å². The van der Waals surface area contributed by atoms with Crippen LogP contribution in [0.5, 0.6) is 0 Å². The minimum Gasteiger partial charge on any atom is -0.465 e. The third kappa shape index (κ3) is 7.41. The number of rotatable bonds is 6. The molecule has 0 unspecified atom stereocenters. The van der Waals surface area contributed by atoms with Gasteiger partial charge < -0.3 is 15.2 Å². The summed E-state index contributed by atoms with van der Waals surface area (Å²) in [5, 5.41) is 12.3. The lowest BCUT2D eigenvalue weighted by Crippen LogP contribution is -2.48. The normalized spacial score (nSPS) is 12.3. The summed E-state index contributed by atoms with van der Waals surface area (Å²) >= 11 is 10.2. The Hall–Kier alpha value is -1.98. The molecule has 0 aromatic carbocycles. The fourth-order valence-electron chi connectivity index (χ4n) is 2.32. The largest absolute Gasteiger partial charge is 0.465 e. The number of carboxylic acid groups (broad SMARTS) is 1. The minimum absolute atomic E-state index is 0.122. The lowest BCUT2D eigenvalue weighted by molar-refractivity contribution is 0.0505. The zero-order valence-electron chi connectivity index (χ0n) is 15.8. The topological polar surface area (TPSA) is 105 Å². The number of hydrogen-bond donors (Lipinski definition) is 2. The second kappa shape index (κ2) is 9.68. The molecular formula is C17H19BrClFN4O4S. The van der Waals surface area contributed by atoms with Crippen LogP contribution in [0, 0.1) is 5.95 Å².